The van der Waals surface area contributed by atoms with Crippen molar-refractivity contribution in [2.24, 2.45) is 0 Å². The van der Waals surface area contributed by atoms with Gasteiger partial charge in [-0.05, 0) is 12.1 Å². The molecule has 10 heavy (non-hydrogen) atoms. The van der Waals surface area contributed by atoms with Crippen LogP contribution in [0.2, 0.25) is 5.02 Å². The number of hydrogen-bond donors (Lipinski definition) is 2. The molecule has 0 fully saturated rings. The Hall–Kier alpha value is -0.960. The summed E-state index contributed by atoms with van der Waals surface area (Å²) in [6, 6.07) is 2.82. The predicted octanol–water partition coefficient (Wildman–Crippen LogP) is 1.64. The third-order valence-corrected chi connectivity index (χ3v) is 1.49. The van der Waals surface area contributed by atoms with Crippen LogP contribution in [-0.4, -0.2) is 0 Å². The molecule has 0 aliphatic heterocycles. The molecule has 4 N–H and O–H groups in total. The molecule has 0 bridgehead atoms. The molecule has 0 aliphatic carbocycles. The largest absolute Gasteiger partial charge is 0.396 e. The Bertz CT molecular complexity index is 235. The molecule has 1 aromatic rings. The van der Waals surface area contributed by atoms with Crippen LogP contribution >= 0.6 is 11.6 Å². The normalized spacial score (nSPS) is 9.80. The fraction of sp³-hybridized carbons (Fsp3) is 0. The van der Waals surface area contributed by atoms with Gasteiger partial charge in [0.05, 0.1) is 16.4 Å². The van der Waals surface area contributed by atoms with Crippen LogP contribution in [0, 0.1) is 5.82 Å². The van der Waals surface area contributed by atoms with Crippen molar-refractivity contribution in [3.63, 3.8) is 0 Å². The summed E-state index contributed by atoms with van der Waals surface area (Å²) in [5.74, 6) is -0.646. The molecule has 4 heteroatoms. The zero-order valence-corrected chi connectivity index (χ0v) is 5.82. The summed E-state index contributed by atoms with van der Waals surface area (Å²) in [7, 11) is 0. The summed E-state index contributed by atoms with van der Waals surface area (Å²) in [6.07, 6.45) is 0. The van der Waals surface area contributed by atoms with Crippen molar-refractivity contribution in [2.75, 3.05) is 11.5 Å². The molecule has 1 aromatic carbocycles. The first kappa shape index (κ1) is 7.15. The van der Waals surface area contributed by atoms with Crippen molar-refractivity contribution in [3.8, 4) is 0 Å². The van der Waals surface area contributed by atoms with Crippen LogP contribution in [0.1, 0.15) is 0 Å². The second-order valence-corrected chi connectivity index (χ2v) is 2.27. The highest BCUT2D eigenvalue weighted by molar-refractivity contribution is 6.33. The molecule has 0 heterocycles. The van der Waals surface area contributed by atoms with Gasteiger partial charge in [0.15, 0.2) is 5.82 Å². The Labute approximate surface area is 62.6 Å². The topological polar surface area (TPSA) is 52.0 Å². The molecule has 0 amide bonds. The van der Waals surface area contributed by atoms with Crippen LogP contribution in [-0.2, 0) is 0 Å². The third kappa shape index (κ3) is 0.998. The first-order valence-corrected chi connectivity index (χ1v) is 2.99. The van der Waals surface area contributed by atoms with Gasteiger partial charge in [-0.3, -0.25) is 0 Å². The quantitative estimate of drug-likeness (QED) is 0.567. The number of nitrogens with two attached hydrogens (primary N) is 2. The van der Waals surface area contributed by atoms with Gasteiger partial charge in [0, 0.05) is 0 Å². The smallest absolute Gasteiger partial charge is 0.170 e. The Balaban J connectivity index is 3.34. The van der Waals surface area contributed by atoms with Gasteiger partial charge in [0.25, 0.3) is 0 Å². The Morgan fingerprint density at radius 3 is 2.40 bits per heavy atom. The molecule has 2 nitrogen and oxygen atoms in total. The SMILES string of the molecule is Nc1ccc(Cl)c(N)c1F. The molecule has 0 saturated carbocycles. The lowest BCUT2D eigenvalue weighted by molar-refractivity contribution is 0.637. The van der Waals surface area contributed by atoms with Gasteiger partial charge in [-0.2, -0.15) is 0 Å². The van der Waals surface area contributed by atoms with Crippen molar-refractivity contribution in [1.82, 2.24) is 0 Å². The number of rotatable bonds is 0. The zero-order valence-electron chi connectivity index (χ0n) is 5.07. The Morgan fingerprint density at radius 2 is 1.90 bits per heavy atom. The number of benzene rings is 1. The first-order valence-electron chi connectivity index (χ1n) is 2.62. The number of hydrogen-bond acceptors (Lipinski definition) is 2. The van der Waals surface area contributed by atoms with Crippen molar-refractivity contribution in [2.45, 2.75) is 0 Å². The van der Waals surface area contributed by atoms with E-state index in [0.717, 1.165) is 0 Å². The van der Waals surface area contributed by atoms with E-state index in [4.69, 9.17) is 23.1 Å². The van der Waals surface area contributed by atoms with E-state index in [9.17, 15) is 4.39 Å². The molecule has 0 atom stereocenters. The van der Waals surface area contributed by atoms with Crippen LogP contribution in [0.15, 0.2) is 12.1 Å². The van der Waals surface area contributed by atoms with E-state index < -0.39 is 5.82 Å². The Morgan fingerprint density at radius 1 is 1.30 bits per heavy atom. The van der Waals surface area contributed by atoms with E-state index in [-0.39, 0.29) is 16.4 Å². The molecular weight excluding hydrogens is 155 g/mol. The average Bonchev–Trinajstić information content (AvgIpc) is 1.93. The molecule has 0 aliphatic rings. The Kier molecular flexibility index (Phi) is 1.68. The fourth-order valence-electron chi connectivity index (χ4n) is 0.586. The van der Waals surface area contributed by atoms with Gasteiger partial charge in [-0.1, -0.05) is 11.6 Å². The minimum absolute atomic E-state index is 0.0156. The first-order chi connectivity index (χ1) is 4.63. The molecule has 0 saturated heterocycles. The molecule has 0 spiro atoms. The molecule has 0 aromatic heterocycles. The van der Waals surface area contributed by atoms with Gasteiger partial charge in [0.2, 0.25) is 0 Å². The molecule has 1 rings (SSSR count). The maximum Gasteiger partial charge on any atom is 0.170 e. The molecule has 54 valence electrons. The van der Waals surface area contributed by atoms with Crippen LogP contribution in [0.5, 0.6) is 0 Å². The minimum atomic E-state index is -0.646. The van der Waals surface area contributed by atoms with Crippen molar-refractivity contribution < 1.29 is 4.39 Å². The van der Waals surface area contributed by atoms with Crippen LogP contribution < -0.4 is 11.5 Å². The summed E-state index contributed by atoms with van der Waals surface area (Å²) in [5.41, 5.74) is 10.3. The standard InChI is InChI=1S/C6H6ClFN2/c7-3-1-2-4(9)5(8)6(3)10/h1-2H,9-10H2. The molecule has 0 radical (unpaired) electrons. The monoisotopic (exact) mass is 160 g/mol. The third-order valence-electron chi connectivity index (χ3n) is 1.16. The lowest BCUT2D eigenvalue weighted by Crippen LogP contribution is -1.96. The zero-order chi connectivity index (χ0) is 7.72. The number of anilines is 2. The van der Waals surface area contributed by atoms with Gasteiger partial charge in [-0.15, -0.1) is 0 Å². The van der Waals surface area contributed by atoms with Crippen LogP contribution in [0.3, 0.4) is 0 Å². The summed E-state index contributed by atoms with van der Waals surface area (Å²) in [5, 5.41) is 0.187. The highest BCUT2D eigenvalue weighted by Crippen LogP contribution is 2.25. The van der Waals surface area contributed by atoms with Crippen molar-refractivity contribution in [3.05, 3.63) is 23.0 Å². The van der Waals surface area contributed by atoms with E-state index in [0.29, 0.717) is 0 Å². The van der Waals surface area contributed by atoms with Crippen molar-refractivity contribution >= 4 is 23.0 Å². The van der Waals surface area contributed by atoms with Crippen LogP contribution in [0.25, 0.3) is 0 Å². The van der Waals surface area contributed by atoms with Crippen molar-refractivity contribution in [1.29, 1.82) is 0 Å². The summed E-state index contributed by atoms with van der Waals surface area (Å²) >= 11 is 5.47. The van der Waals surface area contributed by atoms with E-state index in [1.807, 2.05) is 0 Å². The highest BCUT2D eigenvalue weighted by atomic mass is 35.5. The van der Waals surface area contributed by atoms with Gasteiger partial charge >= 0.3 is 0 Å². The lowest BCUT2D eigenvalue weighted by atomic mass is 10.3. The average molecular weight is 161 g/mol. The van der Waals surface area contributed by atoms with E-state index in [1.165, 1.54) is 12.1 Å². The number of nitrogen functional groups attached to an aromatic ring is 2. The van der Waals surface area contributed by atoms with E-state index in [2.05, 4.69) is 0 Å². The molecule has 0 unspecified atom stereocenters. The lowest BCUT2D eigenvalue weighted by Gasteiger charge is -2.00. The fourth-order valence-corrected chi connectivity index (χ4v) is 0.732. The maximum absolute atomic E-state index is 12.7. The van der Waals surface area contributed by atoms with Gasteiger partial charge < -0.3 is 11.5 Å². The summed E-state index contributed by atoms with van der Waals surface area (Å²) < 4.78 is 12.7. The van der Waals surface area contributed by atoms with Gasteiger partial charge in [0.1, 0.15) is 0 Å². The van der Waals surface area contributed by atoms with Crippen LogP contribution in [0.4, 0.5) is 15.8 Å². The minimum Gasteiger partial charge on any atom is -0.396 e. The predicted molar refractivity (Wildman–Crippen MR) is 40.2 cm³/mol. The number of halogens is 2. The van der Waals surface area contributed by atoms with E-state index >= 15 is 0 Å². The maximum atomic E-state index is 12.7. The summed E-state index contributed by atoms with van der Waals surface area (Å²) in [4.78, 5) is 0. The molecular formula is C6H6ClFN2. The second-order valence-electron chi connectivity index (χ2n) is 1.86. The second kappa shape index (κ2) is 2.34. The van der Waals surface area contributed by atoms with Gasteiger partial charge in [-0.25, -0.2) is 4.39 Å². The summed E-state index contributed by atoms with van der Waals surface area (Å²) in [6.45, 7) is 0. The highest BCUT2D eigenvalue weighted by Gasteiger charge is 2.05. The van der Waals surface area contributed by atoms with E-state index in [1.54, 1.807) is 0 Å².